The predicted molar refractivity (Wildman–Crippen MR) is 78.6 cm³/mol. The molecule has 0 fully saturated rings. The standard InChI is InChI=1S/C14H19N3OS/c1-3-12-13(10-18)19-14(16-12)17(2)9-7-11-6-4-5-8-15-11/h4-6,8,18H,3,7,9-10H2,1-2H3. The molecule has 1 N–H and O–H groups in total. The Balaban J connectivity index is 1.99. The summed E-state index contributed by atoms with van der Waals surface area (Å²) in [5.41, 5.74) is 2.09. The summed E-state index contributed by atoms with van der Waals surface area (Å²) in [6.07, 6.45) is 3.57. The summed E-state index contributed by atoms with van der Waals surface area (Å²) in [6.45, 7) is 3.01. The van der Waals surface area contributed by atoms with Crippen molar-refractivity contribution in [2.24, 2.45) is 0 Å². The number of aromatic nitrogens is 2. The number of aliphatic hydroxyl groups excluding tert-OH is 1. The van der Waals surface area contributed by atoms with Gasteiger partial charge in [-0.2, -0.15) is 0 Å². The van der Waals surface area contributed by atoms with E-state index in [0.29, 0.717) is 0 Å². The molecule has 0 aliphatic heterocycles. The van der Waals surface area contributed by atoms with Crippen molar-refractivity contribution in [2.45, 2.75) is 26.4 Å². The average molecular weight is 277 g/mol. The number of pyridine rings is 1. The summed E-state index contributed by atoms with van der Waals surface area (Å²) in [5.74, 6) is 0. The van der Waals surface area contributed by atoms with E-state index in [0.717, 1.165) is 40.8 Å². The van der Waals surface area contributed by atoms with E-state index in [9.17, 15) is 5.11 Å². The lowest BCUT2D eigenvalue weighted by atomic mass is 10.2. The van der Waals surface area contributed by atoms with Crippen LogP contribution in [0.1, 0.15) is 23.2 Å². The lowest BCUT2D eigenvalue weighted by Gasteiger charge is -2.15. The highest BCUT2D eigenvalue weighted by molar-refractivity contribution is 7.15. The molecule has 0 unspecified atom stereocenters. The Morgan fingerprint density at radius 1 is 1.37 bits per heavy atom. The third-order valence-electron chi connectivity index (χ3n) is 3.00. The number of aliphatic hydroxyl groups is 1. The minimum Gasteiger partial charge on any atom is -0.391 e. The van der Waals surface area contributed by atoms with E-state index in [1.165, 1.54) is 0 Å². The molecule has 2 heterocycles. The van der Waals surface area contributed by atoms with Gasteiger partial charge in [-0.05, 0) is 18.6 Å². The summed E-state index contributed by atoms with van der Waals surface area (Å²) in [4.78, 5) is 12.0. The first-order valence-electron chi connectivity index (χ1n) is 6.45. The van der Waals surface area contributed by atoms with Crippen LogP contribution in [0.5, 0.6) is 0 Å². The third-order valence-corrected chi connectivity index (χ3v) is 4.20. The highest BCUT2D eigenvalue weighted by Crippen LogP contribution is 2.26. The molecule has 5 heteroatoms. The summed E-state index contributed by atoms with van der Waals surface area (Å²) in [5, 5.41) is 10.3. The van der Waals surface area contributed by atoms with Gasteiger partial charge >= 0.3 is 0 Å². The lowest BCUT2D eigenvalue weighted by molar-refractivity contribution is 0.284. The molecular formula is C14H19N3OS. The van der Waals surface area contributed by atoms with Gasteiger partial charge in [0.05, 0.1) is 17.2 Å². The molecule has 0 aromatic carbocycles. The zero-order chi connectivity index (χ0) is 13.7. The third kappa shape index (κ3) is 3.52. The van der Waals surface area contributed by atoms with Crippen LogP contribution >= 0.6 is 11.3 Å². The van der Waals surface area contributed by atoms with Crippen LogP contribution in [0.3, 0.4) is 0 Å². The SMILES string of the molecule is CCc1nc(N(C)CCc2ccccn2)sc1CO. The van der Waals surface area contributed by atoms with E-state index >= 15 is 0 Å². The van der Waals surface area contributed by atoms with Gasteiger partial charge in [-0.25, -0.2) is 4.98 Å². The maximum absolute atomic E-state index is 9.29. The van der Waals surface area contributed by atoms with Gasteiger partial charge in [0.2, 0.25) is 0 Å². The molecule has 19 heavy (non-hydrogen) atoms. The Hall–Kier alpha value is -1.46. The molecule has 0 radical (unpaired) electrons. The van der Waals surface area contributed by atoms with Crippen LogP contribution in [0.15, 0.2) is 24.4 Å². The Labute approximate surface area is 117 Å². The zero-order valence-corrected chi connectivity index (χ0v) is 12.2. The fraction of sp³-hybridized carbons (Fsp3) is 0.429. The van der Waals surface area contributed by atoms with Gasteiger partial charge < -0.3 is 10.0 Å². The van der Waals surface area contributed by atoms with Crippen molar-refractivity contribution in [3.63, 3.8) is 0 Å². The topological polar surface area (TPSA) is 49.2 Å². The fourth-order valence-corrected chi connectivity index (χ4v) is 2.85. The smallest absolute Gasteiger partial charge is 0.185 e. The van der Waals surface area contributed by atoms with Crippen molar-refractivity contribution >= 4 is 16.5 Å². The van der Waals surface area contributed by atoms with Crippen molar-refractivity contribution in [3.8, 4) is 0 Å². The Morgan fingerprint density at radius 2 is 2.21 bits per heavy atom. The Kier molecular flexibility index (Phi) is 4.87. The summed E-state index contributed by atoms with van der Waals surface area (Å²) >= 11 is 1.57. The molecule has 4 nitrogen and oxygen atoms in total. The number of anilines is 1. The number of nitrogens with zero attached hydrogens (tertiary/aromatic N) is 3. The molecule has 0 saturated carbocycles. The number of rotatable bonds is 6. The lowest BCUT2D eigenvalue weighted by Crippen LogP contribution is -2.20. The van der Waals surface area contributed by atoms with Gasteiger partial charge in [0.1, 0.15) is 0 Å². The largest absolute Gasteiger partial charge is 0.391 e. The number of likely N-dealkylation sites (N-methyl/N-ethyl adjacent to an activating group) is 1. The minimum atomic E-state index is 0.0783. The van der Waals surface area contributed by atoms with Crippen molar-refractivity contribution in [1.29, 1.82) is 0 Å². The second-order valence-electron chi connectivity index (χ2n) is 4.37. The van der Waals surface area contributed by atoms with Gasteiger partial charge in [0, 0.05) is 31.9 Å². The molecule has 0 amide bonds. The van der Waals surface area contributed by atoms with E-state index < -0.39 is 0 Å². The van der Waals surface area contributed by atoms with Crippen LogP contribution in [-0.4, -0.2) is 28.7 Å². The Bertz CT molecular complexity index is 491. The second-order valence-corrected chi connectivity index (χ2v) is 5.43. The number of hydrogen-bond donors (Lipinski definition) is 1. The van der Waals surface area contributed by atoms with Crippen LogP contribution in [0.2, 0.25) is 0 Å². The van der Waals surface area contributed by atoms with Crippen LogP contribution in [0.25, 0.3) is 0 Å². The van der Waals surface area contributed by atoms with E-state index in [2.05, 4.69) is 21.8 Å². The van der Waals surface area contributed by atoms with Crippen molar-refractivity contribution in [2.75, 3.05) is 18.5 Å². The number of thiazole rings is 1. The van der Waals surface area contributed by atoms with E-state index in [4.69, 9.17) is 0 Å². The second kappa shape index (κ2) is 6.63. The molecule has 0 spiro atoms. The molecular weight excluding hydrogens is 258 g/mol. The summed E-state index contributed by atoms with van der Waals surface area (Å²) in [6, 6.07) is 5.96. The maximum Gasteiger partial charge on any atom is 0.185 e. The molecule has 2 aromatic heterocycles. The molecule has 0 aliphatic carbocycles. The number of aryl methyl sites for hydroxylation is 1. The van der Waals surface area contributed by atoms with Gasteiger partial charge in [-0.1, -0.05) is 24.3 Å². The predicted octanol–water partition coefficient (Wildman–Crippen LogP) is 2.27. The van der Waals surface area contributed by atoms with Gasteiger partial charge in [0.15, 0.2) is 5.13 Å². The van der Waals surface area contributed by atoms with E-state index in [-0.39, 0.29) is 6.61 Å². The Morgan fingerprint density at radius 3 is 2.79 bits per heavy atom. The molecule has 0 aliphatic rings. The summed E-state index contributed by atoms with van der Waals surface area (Å²) < 4.78 is 0. The molecule has 0 bridgehead atoms. The molecule has 102 valence electrons. The van der Waals surface area contributed by atoms with Crippen molar-refractivity contribution in [1.82, 2.24) is 9.97 Å². The first-order chi connectivity index (χ1) is 9.24. The van der Waals surface area contributed by atoms with E-state index in [1.807, 2.05) is 31.4 Å². The van der Waals surface area contributed by atoms with Crippen LogP contribution in [0.4, 0.5) is 5.13 Å². The quantitative estimate of drug-likeness (QED) is 0.880. The average Bonchev–Trinajstić information content (AvgIpc) is 2.89. The highest BCUT2D eigenvalue weighted by Gasteiger charge is 2.12. The highest BCUT2D eigenvalue weighted by atomic mass is 32.1. The van der Waals surface area contributed by atoms with Crippen LogP contribution in [-0.2, 0) is 19.4 Å². The maximum atomic E-state index is 9.29. The first kappa shape index (κ1) is 14.0. The van der Waals surface area contributed by atoms with Crippen molar-refractivity contribution < 1.29 is 5.11 Å². The molecule has 2 aromatic rings. The number of hydrogen-bond acceptors (Lipinski definition) is 5. The first-order valence-corrected chi connectivity index (χ1v) is 7.26. The summed E-state index contributed by atoms with van der Waals surface area (Å²) in [7, 11) is 2.03. The van der Waals surface area contributed by atoms with Crippen LogP contribution < -0.4 is 4.90 Å². The molecule has 2 rings (SSSR count). The molecule has 0 saturated heterocycles. The zero-order valence-electron chi connectivity index (χ0n) is 11.3. The van der Waals surface area contributed by atoms with E-state index in [1.54, 1.807) is 11.3 Å². The van der Waals surface area contributed by atoms with Crippen molar-refractivity contribution in [3.05, 3.63) is 40.7 Å². The monoisotopic (exact) mass is 277 g/mol. The molecule has 0 atom stereocenters. The normalized spacial score (nSPS) is 10.7. The van der Waals surface area contributed by atoms with Gasteiger partial charge in [-0.3, -0.25) is 4.98 Å². The van der Waals surface area contributed by atoms with Gasteiger partial charge in [0.25, 0.3) is 0 Å². The minimum absolute atomic E-state index is 0.0783. The fourth-order valence-electron chi connectivity index (χ4n) is 1.86. The van der Waals surface area contributed by atoms with Crippen LogP contribution in [0, 0.1) is 0 Å². The van der Waals surface area contributed by atoms with Gasteiger partial charge in [-0.15, -0.1) is 0 Å².